The second-order valence-electron chi connectivity index (χ2n) is 12.4. The van der Waals surface area contributed by atoms with E-state index in [1.54, 1.807) is 0 Å². The van der Waals surface area contributed by atoms with Crippen LogP contribution in [0.15, 0.2) is 176 Å². The summed E-state index contributed by atoms with van der Waals surface area (Å²) in [7, 11) is 0. The van der Waals surface area contributed by atoms with Gasteiger partial charge in [0.05, 0.1) is 6.54 Å². The highest BCUT2D eigenvalue weighted by atomic mass is 32.1. The van der Waals surface area contributed by atoms with E-state index in [9.17, 15) is 0 Å². The zero-order valence-corrected chi connectivity index (χ0v) is 28.3. The maximum Gasteiger partial charge on any atom is 0.142 e. The van der Waals surface area contributed by atoms with Gasteiger partial charge < -0.3 is 5.32 Å². The molecular formula is C45H36N4S. The number of nitrogens with zero attached hydrogens (tertiary/aromatic N) is 1. The summed E-state index contributed by atoms with van der Waals surface area (Å²) in [5.41, 5.74) is 13.4. The molecule has 8 rings (SSSR count). The van der Waals surface area contributed by atoms with Gasteiger partial charge in [0.15, 0.2) is 0 Å². The van der Waals surface area contributed by atoms with Gasteiger partial charge in [0, 0.05) is 49.2 Å². The molecule has 3 N–H and O–H groups in total. The number of hydrazine groups is 1. The molecule has 1 aromatic heterocycles. The zero-order chi connectivity index (χ0) is 33.7. The lowest BCUT2D eigenvalue weighted by Crippen LogP contribution is -2.41. The molecule has 0 unspecified atom stereocenters. The normalized spacial score (nSPS) is 11.1. The molecule has 0 aliphatic heterocycles. The number of thiophene rings is 1. The maximum atomic E-state index is 9.03. The van der Waals surface area contributed by atoms with Crippen molar-refractivity contribution in [3.8, 4) is 22.3 Å². The third kappa shape index (κ3) is 6.78. The van der Waals surface area contributed by atoms with Gasteiger partial charge in [-0.05, 0) is 64.2 Å². The monoisotopic (exact) mass is 664 g/mol. The number of hydrogen-bond acceptors (Lipinski definition) is 4. The molecule has 1 heterocycles. The Morgan fingerprint density at radius 3 is 1.98 bits per heavy atom. The van der Waals surface area contributed by atoms with Crippen molar-refractivity contribution in [1.82, 2.24) is 10.4 Å². The lowest BCUT2D eigenvalue weighted by Gasteiger charge is -2.26. The number of fused-ring (bicyclic) bond motifs is 3. The van der Waals surface area contributed by atoms with Crippen LogP contribution in [0.5, 0.6) is 0 Å². The van der Waals surface area contributed by atoms with Gasteiger partial charge in [-0.25, -0.2) is 5.43 Å². The second-order valence-corrected chi connectivity index (χ2v) is 13.5. The first-order valence-corrected chi connectivity index (χ1v) is 17.7. The quantitative estimate of drug-likeness (QED) is 0.0775. The van der Waals surface area contributed by atoms with Crippen molar-refractivity contribution in [1.29, 1.82) is 5.41 Å². The van der Waals surface area contributed by atoms with Gasteiger partial charge in [-0.15, -0.1) is 11.3 Å². The molecule has 0 amide bonds. The second kappa shape index (κ2) is 14.2. The minimum Gasteiger partial charge on any atom is -0.355 e. The Morgan fingerprint density at radius 1 is 0.540 bits per heavy atom. The topological polar surface area (TPSA) is 51.2 Å². The summed E-state index contributed by atoms with van der Waals surface area (Å²) in [5, 5.41) is 17.3. The van der Waals surface area contributed by atoms with Gasteiger partial charge in [-0.2, -0.15) is 0 Å². The third-order valence-corrected chi connectivity index (χ3v) is 10.1. The fourth-order valence-corrected chi connectivity index (χ4v) is 7.52. The lowest BCUT2D eigenvalue weighted by molar-refractivity contribution is 0.294. The van der Waals surface area contributed by atoms with Crippen molar-refractivity contribution >= 4 is 48.7 Å². The molecule has 242 valence electrons. The molecule has 0 atom stereocenters. The van der Waals surface area contributed by atoms with Crippen LogP contribution in [-0.2, 0) is 13.1 Å². The van der Waals surface area contributed by atoms with Crippen LogP contribution in [-0.4, -0.2) is 10.8 Å². The summed E-state index contributed by atoms with van der Waals surface area (Å²) >= 11 is 1.84. The van der Waals surface area contributed by atoms with E-state index in [4.69, 9.17) is 5.41 Å². The van der Waals surface area contributed by atoms with Crippen molar-refractivity contribution in [2.24, 2.45) is 0 Å². The van der Waals surface area contributed by atoms with Crippen molar-refractivity contribution < 1.29 is 0 Å². The highest BCUT2D eigenvalue weighted by Gasteiger charge is 2.15. The summed E-state index contributed by atoms with van der Waals surface area (Å²) in [6, 6.07) is 61.4. The van der Waals surface area contributed by atoms with Gasteiger partial charge in [0.1, 0.15) is 5.84 Å². The molecule has 4 nitrogen and oxygen atoms in total. The summed E-state index contributed by atoms with van der Waals surface area (Å²) in [6.07, 6.45) is 0. The highest BCUT2D eigenvalue weighted by molar-refractivity contribution is 7.25. The first-order valence-electron chi connectivity index (χ1n) is 16.8. The molecule has 8 aromatic rings. The Labute approximate surface area is 296 Å². The van der Waals surface area contributed by atoms with Crippen LogP contribution in [0.25, 0.3) is 42.4 Å². The van der Waals surface area contributed by atoms with Crippen LogP contribution in [0.4, 0.5) is 11.4 Å². The molecule has 0 bridgehead atoms. The van der Waals surface area contributed by atoms with E-state index in [1.807, 2.05) is 64.9 Å². The molecule has 0 aliphatic carbocycles. The molecule has 0 saturated heterocycles. The number of amidine groups is 1. The van der Waals surface area contributed by atoms with Crippen LogP contribution < -0.4 is 10.7 Å². The maximum absolute atomic E-state index is 9.03. The summed E-state index contributed by atoms with van der Waals surface area (Å²) in [6.45, 7) is 1.18. The van der Waals surface area contributed by atoms with Crippen molar-refractivity contribution in [2.45, 2.75) is 13.1 Å². The van der Waals surface area contributed by atoms with Crippen molar-refractivity contribution in [3.05, 3.63) is 193 Å². The largest absolute Gasteiger partial charge is 0.355 e. The van der Waals surface area contributed by atoms with Crippen LogP contribution in [0, 0.1) is 5.41 Å². The van der Waals surface area contributed by atoms with Gasteiger partial charge in [-0.3, -0.25) is 10.4 Å². The summed E-state index contributed by atoms with van der Waals surface area (Å²) in [4.78, 5) is 0. The molecule has 0 aliphatic rings. The third-order valence-electron chi connectivity index (χ3n) is 9.01. The Hall–Kier alpha value is -6.01. The highest BCUT2D eigenvalue weighted by Crippen LogP contribution is 2.42. The number of benzene rings is 7. The zero-order valence-electron chi connectivity index (χ0n) is 27.5. The van der Waals surface area contributed by atoms with Gasteiger partial charge >= 0.3 is 0 Å². The Balaban J connectivity index is 1.10. The van der Waals surface area contributed by atoms with Gasteiger partial charge in [0.2, 0.25) is 0 Å². The average Bonchev–Trinajstić information content (AvgIpc) is 3.55. The van der Waals surface area contributed by atoms with Crippen LogP contribution in [0.1, 0.15) is 16.7 Å². The SMILES string of the molecule is N=C(c1ccccc1)N(Cc1ccc(Nc2cc3c(cc2-c2cccc(-c4ccccc4)c2)sc2ccccc23)cc1)NCc1ccccc1. The Bertz CT molecular complexity index is 2380. The molecule has 0 radical (unpaired) electrons. The van der Waals surface area contributed by atoms with E-state index >= 15 is 0 Å². The molecule has 0 saturated carbocycles. The molecule has 50 heavy (non-hydrogen) atoms. The predicted octanol–water partition coefficient (Wildman–Crippen LogP) is 11.7. The molecular weight excluding hydrogens is 629 g/mol. The molecule has 7 aromatic carbocycles. The van der Waals surface area contributed by atoms with Crippen LogP contribution >= 0.6 is 11.3 Å². The minimum atomic E-state index is 0.433. The number of hydrogen-bond donors (Lipinski definition) is 3. The number of nitrogens with one attached hydrogen (secondary N) is 3. The Morgan fingerprint density at radius 2 is 1.20 bits per heavy atom. The molecule has 0 spiro atoms. The Kier molecular flexibility index (Phi) is 8.90. The average molecular weight is 665 g/mol. The lowest BCUT2D eigenvalue weighted by atomic mass is 9.97. The van der Waals surface area contributed by atoms with E-state index in [-0.39, 0.29) is 0 Å². The summed E-state index contributed by atoms with van der Waals surface area (Å²) < 4.78 is 2.57. The number of anilines is 2. The van der Waals surface area contributed by atoms with Crippen molar-refractivity contribution in [3.63, 3.8) is 0 Å². The van der Waals surface area contributed by atoms with E-state index in [0.29, 0.717) is 18.9 Å². The number of rotatable bonds is 10. The van der Waals surface area contributed by atoms with Crippen molar-refractivity contribution in [2.75, 3.05) is 5.32 Å². The van der Waals surface area contributed by atoms with E-state index in [2.05, 4.69) is 138 Å². The fourth-order valence-electron chi connectivity index (χ4n) is 6.39. The smallest absolute Gasteiger partial charge is 0.142 e. The predicted molar refractivity (Wildman–Crippen MR) is 212 cm³/mol. The van der Waals surface area contributed by atoms with Crippen LogP contribution in [0.3, 0.4) is 0 Å². The first-order chi connectivity index (χ1) is 24.7. The standard InChI is InChI=1S/C45H36N4S/c46-45(35-17-8-3-9-18-35)49(47-30-32-13-4-1-5-14-32)31-33-23-25-38(26-24-33)48-42-28-41-39-21-10-11-22-43(39)50-44(41)29-40(42)37-20-12-19-36(27-37)34-15-6-2-7-16-34/h1-29,46-48H,30-31H2. The van der Waals surface area contributed by atoms with Gasteiger partial charge in [-0.1, -0.05) is 140 Å². The minimum absolute atomic E-state index is 0.433. The van der Waals surface area contributed by atoms with E-state index in [1.165, 1.54) is 48.0 Å². The first kappa shape index (κ1) is 31.3. The van der Waals surface area contributed by atoms with E-state index < -0.39 is 0 Å². The molecule has 0 fully saturated rings. The van der Waals surface area contributed by atoms with Crippen LogP contribution in [0.2, 0.25) is 0 Å². The molecule has 5 heteroatoms. The van der Waals surface area contributed by atoms with E-state index in [0.717, 1.165) is 22.5 Å². The fraction of sp³-hybridized carbons (Fsp3) is 0.0444. The van der Waals surface area contributed by atoms with Gasteiger partial charge in [0.25, 0.3) is 0 Å². The summed E-state index contributed by atoms with van der Waals surface area (Å²) in [5.74, 6) is 0.433.